The molecule has 3 N–H and O–H groups in total. The van der Waals surface area contributed by atoms with Gasteiger partial charge in [0.05, 0.1) is 12.2 Å². The Morgan fingerprint density at radius 2 is 1.69 bits per heavy atom. The van der Waals surface area contributed by atoms with E-state index in [1.54, 1.807) is 24.5 Å². The van der Waals surface area contributed by atoms with Gasteiger partial charge in [-0.3, -0.25) is 9.12 Å². The Hall–Kier alpha value is -4.00. The number of anilines is 1. The molecule has 0 aliphatic rings. The summed E-state index contributed by atoms with van der Waals surface area (Å²) < 4.78 is 40.8. The van der Waals surface area contributed by atoms with Gasteiger partial charge in [-0.25, -0.2) is 4.79 Å². The van der Waals surface area contributed by atoms with Gasteiger partial charge in [0.1, 0.15) is 11.6 Å². The molecule has 10 nitrogen and oxygen atoms in total. The molecule has 3 heterocycles. The number of hydrogen-bond donors (Lipinski definition) is 2. The highest BCUT2D eigenvalue weighted by Gasteiger charge is 2.21. The van der Waals surface area contributed by atoms with Gasteiger partial charge in [0.2, 0.25) is 0 Å². The number of hydrogen-bond acceptors (Lipinski definition) is 8. The van der Waals surface area contributed by atoms with Crippen LogP contribution in [0.4, 0.5) is 5.82 Å². The quantitative estimate of drug-likeness (QED) is 0.286. The molecule has 0 unspecified atom stereocenters. The van der Waals surface area contributed by atoms with Crippen LogP contribution in [0.15, 0.2) is 68.1 Å². The molecular formula is C27H29N5O5S2. The van der Waals surface area contributed by atoms with Crippen LogP contribution in [0.2, 0.25) is 0 Å². The Morgan fingerprint density at radius 1 is 1.00 bits per heavy atom. The zero-order chi connectivity index (χ0) is 28.5. The highest BCUT2D eigenvalue weighted by molar-refractivity contribution is 7.88. The average Bonchev–Trinajstić information content (AvgIpc) is 3.52. The zero-order valence-electron chi connectivity index (χ0n) is 22.2. The van der Waals surface area contributed by atoms with Crippen molar-refractivity contribution in [3.8, 4) is 16.8 Å². The second-order valence-corrected chi connectivity index (χ2v) is 12.0. The topological polar surface area (TPSA) is 146 Å². The SMILES string of the molecule is Cc1cc(-c2ccc(Cn3c(C)nn(-c4ccccc4)c3=O)cc2C)c(S(=O)(=O)O)s1.Cc1onc(N)c1C. The van der Waals surface area contributed by atoms with Gasteiger partial charge < -0.3 is 10.3 Å². The minimum Gasteiger partial charge on any atom is -0.381 e. The van der Waals surface area contributed by atoms with Crippen molar-refractivity contribution >= 4 is 27.3 Å². The standard InChI is InChI=1S/C22H21N3O4S2.C5H8N2O/c1-14-11-17(9-10-19(14)20-12-15(2)30-21(20)31(27,28)29)13-24-16(3)23-25(22(24)26)18-7-5-4-6-8-18;1-3-4(2)8-7-5(3)6/h4-12H,13H2,1-3H3,(H,27,28,29);1-2H3,(H2,6,7). The molecule has 2 aromatic carbocycles. The van der Waals surface area contributed by atoms with E-state index < -0.39 is 10.1 Å². The van der Waals surface area contributed by atoms with Crippen LogP contribution in [0.5, 0.6) is 0 Å². The number of para-hydroxylation sites is 1. The summed E-state index contributed by atoms with van der Waals surface area (Å²) in [6, 6.07) is 16.6. The van der Waals surface area contributed by atoms with Crippen LogP contribution < -0.4 is 11.4 Å². The molecule has 0 radical (unpaired) electrons. The minimum atomic E-state index is -4.31. The van der Waals surface area contributed by atoms with Gasteiger partial charge in [-0.15, -0.1) is 11.3 Å². The van der Waals surface area contributed by atoms with Crippen LogP contribution in [0.1, 0.15) is 33.2 Å². The summed E-state index contributed by atoms with van der Waals surface area (Å²) in [5, 5.41) is 7.90. The van der Waals surface area contributed by atoms with Crippen LogP contribution >= 0.6 is 11.3 Å². The Bertz CT molecular complexity index is 1780. The van der Waals surface area contributed by atoms with Crippen molar-refractivity contribution in [3.63, 3.8) is 0 Å². The van der Waals surface area contributed by atoms with Crippen molar-refractivity contribution in [1.29, 1.82) is 0 Å². The highest BCUT2D eigenvalue weighted by Crippen LogP contribution is 2.36. The van der Waals surface area contributed by atoms with E-state index in [2.05, 4.69) is 10.3 Å². The Balaban J connectivity index is 0.000000379. The molecule has 39 heavy (non-hydrogen) atoms. The first-order valence-corrected chi connectivity index (χ1v) is 14.2. The molecule has 0 aliphatic carbocycles. The molecule has 5 aromatic rings. The van der Waals surface area contributed by atoms with E-state index >= 15 is 0 Å². The predicted octanol–water partition coefficient (Wildman–Crippen LogP) is 4.86. The number of nitrogens with zero attached hydrogens (tertiary/aromatic N) is 4. The summed E-state index contributed by atoms with van der Waals surface area (Å²) in [7, 11) is -4.31. The fourth-order valence-corrected chi connectivity index (χ4v) is 6.04. The van der Waals surface area contributed by atoms with Crippen molar-refractivity contribution in [3.05, 3.63) is 98.2 Å². The van der Waals surface area contributed by atoms with Gasteiger partial charge in [-0.1, -0.05) is 41.6 Å². The third kappa shape index (κ3) is 6.03. The molecule has 0 fully saturated rings. The summed E-state index contributed by atoms with van der Waals surface area (Å²) >= 11 is 1.04. The minimum absolute atomic E-state index is 0.0583. The first-order valence-electron chi connectivity index (χ1n) is 11.9. The zero-order valence-corrected chi connectivity index (χ0v) is 23.8. The van der Waals surface area contributed by atoms with Crippen LogP contribution in [-0.2, 0) is 16.7 Å². The maximum atomic E-state index is 12.9. The maximum absolute atomic E-state index is 12.9. The number of aromatic nitrogens is 4. The fourth-order valence-electron chi connectivity index (χ4n) is 4.03. The smallest absolute Gasteiger partial charge is 0.351 e. The lowest BCUT2D eigenvalue weighted by molar-refractivity contribution is 0.399. The summed E-state index contributed by atoms with van der Waals surface area (Å²) in [4.78, 5) is 13.7. The third-order valence-corrected chi connectivity index (χ3v) is 8.63. The molecule has 12 heteroatoms. The first kappa shape index (κ1) is 28.0. The van der Waals surface area contributed by atoms with E-state index in [9.17, 15) is 17.8 Å². The Labute approximate surface area is 230 Å². The van der Waals surface area contributed by atoms with E-state index in [0.717, 1.165) is 44.2 Å². The molecule has 204 valence electrons. The second kappa shape index (κ2) is 11.0. The third-order valence-electron chi connectivity index (χ3n) is 6.22. The summed E-state index contributed by atoms with van der Waals surface area (Å²) in [6.45, 7) is 9.51. The number of benzene rings is 2. The van der Waals surface area contributed by atoms with E-state index in [1.807, 2.05) is 69.3 Å². The van der Waals surface area contributed by atoms with Gasteiger partial charge in [0.15, 0.2) is 10.0 Å². The highest BCUT2D eigenvalue weighted by atomic mass is 32.3. The first-order chi connectivity index (χ1) is 18.4. The number of rotatable bonds is 5. The second-order valence-electron chi connectivity index (χ2n) is 9.09. The van der Waals surface area contributed by atoms with Gasteiger partial charge in [0.25, 0.3) is 0 Å². The number of nitrogen functional groups attached to an aromatic ring is 1. The van der Waals surface area contributed by atoms with Crippen molar-refractivity contribution < 1.29 is 17.5 Å². The number of thiophene rings is 1. The lowest BCUT2D eigenvalue weighted by Gasteiger charge is -2.10. The fraction of sp³-hybridized carbons (Fsp3) is 0.222. The van der Waals surface area contributed by atoms with Crippen molar-refractivity contribution in [1.82, 2.24) is 19.5 Å². The van der Waals surface area contributed by atoms with Gasteiger partial charge in [-0.2, -0.15) is 18.2 Å². The van der Waals surface area contributed by atoms with Crippen LogP contribution in [0, 0.1) is 34.6 Å². The van der Waals surface area contributed by atoms with Crippen molar-refractivity contribution in [2.45, 2.75) is 45.4 Å². The summed E-state index contributed by atoms with van der Waals surface area (Å²) in [5.41, 5.74) is 9.69. The predicted molar refractivity (Wildman–Crippen MR) is 151 cm³/mol. The van der Waals surface area contributed by atoms with Crippen LogP contribution in [-0.4, -0.2) is 32.5 Å². The normalized spacial score (nSPS) is 11.3. The Morgan fingerprint density at radius 3 is 2.23 bits per heavy atom. The van der Waals surface area contributed by atoms with E-state index in [4.69, 9.17) is 10.3 Å². The molecule has 5 rings (SSSR count). The lowest BCUT2D eigenvalue weighted by atomic mass is 10.0. The van der Waals surface area contributed by atoms with E-state index in [0.29, 0.717) is 29.4 Å². The molecular weight excluding hydrogens is 538 g/mol. The molecule has 0 bridgehead atoms. The van der Waals surface area contributed by atoms with Crippen molar-refractivity contribution in [2.75, 3.05) is 5.73 Å². The van der Waals surface area contributed by atoms with Crippen LogP contribution in [0.3, 0.4) is 0 Å². The number of aryl methyl sites for hydroxylation is 4. The maximum Gasteiger partial charge on any atom is 0.351 e. The lowest BCUT2D eigenvalue weighted by Crippen LogP contribution is -2.24. The summed E-state index contributed by atoms with van der Waals surface area (Å²) in [6.07, 6.45) is 0. The van der Waals surface area contributed by atoms with E-state index in [-0.39, 0.29) is 9.90 Å². The average molecular weight is 568 g/mol. The number of nitrogens with two attached hydrogens (primary N) is 1. The van der Waals surface area contributed by atoms with Crippen molar-refractivity contribution in [2.24, 2.45) is 0 Å². The Kier molecular flexibility index (Phi) is 7.91. The molecule has 0 atom stereocenters. The molecule has 0 aliphatic heterocycles. The molecule has 0 saturated heterocycles. The van der Waals surface area contributed by atoms with Gasteiger partial charge >= 0.3 is 15.8 Å². The molecule has 0 amide bonds. The monoisotopic (exact) mass is 567 g/mol. The molecule has 0 spiro atoms. The molecule has 3 aromatic heterocycles. The summed E-state index contributed by atoms with van der Waals surface area (Å²) in [5.74, 6) is 1.88. The van der Waals surface area contributed by atoms with Gasteiger partial charge in [0, 0.05) is 16.0 Å². The van der Waals surface area contributed by atoms with Crippen LogP contribution in [0.25, 0.3) is 16.8 Å². The molecule has 0 saturated carbocycles. The van der Waals surface area contributed by atoms with E-state index in [1.165, 1.54) is 4.68 Å². The van der Waals surface area contributed by atoms with Gasteiger partial charge in [-0.05, 0) is 69.5 Å². The largest absolute Gasteiger partial charge is 0.381 e.